The zero-order chi connectivity index (χ0) is 15.4. The van der Waals surface area contributed by atoms with Gasteiger partial charge in [0.1, 0.15) is 11.4 Å². The fraction of sp³-hybridized carbons (Fsp3) is 0.692. The van der Waals surface area contributed by atoms with Crippen molar-refractivity contribution in [1.29, 1.82) is 5.26 Å². The largest absolute Gasteiger partial charge is 0.334 e. The van der Waals surface area contributed by atoms with Crippen molar-refractivity contribution in [2.75, 3.05) is 0 Å². The molecule has 0 saturated carbocycles. The van der Waals surface area contributed by atoms with Gasteiger partial charge in [0.25, 0.3) is 10.0 Å². The Hall–Kier alpha value is -1.39. The first-order valence-corrected chi connectivity index (χ1v) is 8.31. The quantitative estimate of drug-likeness (QED) is 0.833. The molecule has 7 heteroatoms. The highest BCUT2D eigenvalue weighted by molar-refractivity contribution is 7.89. The van der Waals surface area contributed by atoms with E-state index >= 15 is 0 Å². The molecule has 0 aliphatic rings. The smallest absolute Gasteiger partial charge is 0.260 e. The van der Waals surface area contributed by atoms with Crippen LogP contribution in [-0.4, -0.2) is 23.5 Å². The maximum Gasteiger partial charge on any atom is 0.260 e. The minimum absolute atomic E-state index is 0.0232. The van der Waals surface area contributed by atoms with Gasteiger partial charge in [-0.2, -0.15) is 9.98 Å². The first-order chi connectivity index (χ1) is 9.34. The van der Waals surface area contributed by atoms with E-state index in [-0.39, 0.29) is 5.03 Å². The molecular formula is C13H22N4O2S. The Bertz CT molecular complexity index is 594. The molecule has 0 aliphatic heterocycles. The molecule has 0 aliphatic carbocycles. The Balaban J connectivity index is 3.12. The van der Waals surface area contributed by atoms with E-state index in [0.717, 1.165) is 13.0 Å². The molecule has 1 rings (SSSR count). The van der Waals surface area contributed by atoms with E-state index in [0.29, 0.717) is 18.7 Å². The lowest BCUT2D eigenvalue weighted by atomic mass is 9.97. The third-order valence-corrected chi connectivity index (χ3v) is 4.85. The fourth-order valence-electron chi connectivity index (χ4n) is 1.96. The molecule has 0 unspecified atom stereocenters. The van der Waals surface area contributed by atoms with Gasteiger partial charge in [0.05, 0.1) is 6.07 Å². The number of aryl methyl sites for hydroxylation is 2. The van der Waals surface area contributed by atoms with Crippen molar-refractivity contribution in [2.24, 2.45) is 0 Å². The van der Waals surface area contributed by atoms with E-state index in [1.54, 1.807) is 25.3 Å². The number of aromatic nitrogens is 2. The standard InChI is InChI=1S/C13H22N4O2S/c1-5-8-17-9-12(15-11(17)4)20(18,19)16-13(6-2,7-3)10-14/h9,16H,5-8H2,1-4H3. The summed E-state index contributed by atoms with van der Waals surface area (Å²) in [5, 5.41) is 9.21. The van der Waals surface area contributed by atoms with Gasteiger partial charge < -0.3 is 4.57 Å². The number of nitrogens with zero attached hydrogens (tertiary/aromatic N) is 3. The van der Waals surface area contributed by atoms with E-state index in [1.165, 1.54) is 6.20 Å². The monoisotopic (exact) mass is 298 g/mol. The third-order valence-electron chi connectivity index (χ3n) is 3.44. The number of imidazole rings is 1. The van der Waals surface area contributed by atoms with Crippen LogP contribution < -0.4 is 4.72 Å². The molecule has 0 radical (unpaired) electrons. The van der Waals surface area contributed by atoms with Gasteiger partial charge >= 0.3 is 0 Å². The van der Waals surface area contributed by atoms with Crippen molar-refractivity contribution in [3.63, 3.8) is 0 Å². The molecule has 0 saturated heterocycles. The summed E-state index contributed by atoms with van der Waals surface area (Å²) >= 11 is 0. The van der Waals surface area contributed by atoms with E-state index in [4.69, 9.17) is 0 Å². The Kier molecular flexibility index (Phi) is 5.31. The van der Waals surface area contributed by atoms with Gasteiger partial charge in [-0.15, -0.1) is 0 Å². The van der Waals surface area contributed by atoms with Crippen LogP contribution in [0.4, 0.5) is 0 Å². The van der Waals surface area contributed by atoms with Crippen LogP contribution in [0.15, 0.2) is 11.2 Å². The van der Waals surface area contributed by atoms with Crippen LogP contribution in [0.5, 0.6) is 0 Å². The normalized spacial score (nSPS) is 12.3. The highest BCUT2D eigenvalue weighted by Crippen LogP contribution is 2.19. The van der Waals surface area contributed by atoms with E-state index in [2.05, 4.69) is 15.8 Å². The lowest BCUT2D eigenvalue weighted by Crippen LogP contribution is -2.46. The molecule has 0 spiro atoms. The molecule has 0 aromatic carbocycles. The lowest BCUT2D eigenvalue weighted by molar-refractivity contribution is 0.445. The second kappa shape index (κ2) is 6.37. The fourth-order valence-corrected chi connectivity index (χ4v) is 3.43. The molecule has 1 aromatic rings. The van der Waals surface area contributed by atoms with Crippen molar-refractivity contribution in [1.82, 2.24) is 14.3 Å². The van der Waals surface area contributed by atoms with Crippen LogP contribution in [0.1, 0.15) is 45.9 Å². The molecule has 112 valence electrons. The van der Waals surface area contributed by atoms with Crippen LogP contribution in [0, 0.1) is 18.3 Å². The van der Waals surface area contributed by atoms with Gasteiger partial charge in [-0.3, -0.25) is 0 Å². The summed E-state index contributed by atoms with van der Waals surface area (Å²) in [7, 11) is -3.78. The first-order valence-electron chi connectivity index (χ1n) is 6.83. The molecule has 1 heterocycles. The Morgan fingerprint density at radius 1 is 1.40 bits per heavy atom. The Labute approximate surface area is 120 Å². The van der Waals surface area contributed by atoms with E-state index in [9.17, 15) is 13.7 Å². The van der Waals surface area contributed by atoms with Crippen LogP contribution in [0.3, 0.4) is 0 Å². The highest BCUT2D eigenvalue weighted by Gasteiger charge is 2.33. The number of nitriles is 1. The van der Waals surface area contributed by atoms with Gasteiger partial charge in [-0.1, -0.05) is 20.8 Å². The van der Waals surface area contributed by atoms with Crippen LogP contribution >= 0.6 is 0 Å². The number of rotatable bonds is 7. The summed E-state index contributed by atoms with van der Waals surface area (Å²) in [6, 6.07) is 2.06. The average Bonchev–Trinajstić information content (AvgIpc) is 2.79. The summed E-state index contributed by atoms with van der Waals surface area (Å²) in [4.78, 5) is 4.09. The van der Waals surface area contributed by atoms with Gasteiger partial charge in [-0.25, -0.2) is 13.4 Å². The molecule has 20 heavy (non-hydrogen) atoms. The van der Waals surface area contributed by atoms with Crippen molar-refractivity contribution >= 4 is 10.0 Å². The average molecular weight is 298 g/mol. The molecule has 0 fully saturated rings. The number of hydrogen-bond acceptors (Lipinski definition) is 4. The second-order valence-corrected chi connectivity index (χ2v) is 6.46. The summed E-state index contributed by atoms with van der Waals surface area (Å²) in [6.45, 7) is 8.08. The van der Waals surface area contributed by atoms with Crippen molar-refractivity contribution in [3.8, 4) is 6.07 Å². The zero-order valence-electron chi connectivity index (χ0n) is 12.5. The van der Waals surface area contributed by atoms with E-state index < -0.39 is 15.6 Å². The van der Waals surface area contributed by atoms with E-state index in [1.807, 2.05) is 6.92 Å². The zero-order valence-corrected chi connectivity index (χ0v) is 13.3. The minimum Gasteiger partial charge on any atom is -0.334 e. The number of sulfonamides is 1. The predicted octanol–water partition coefficient (Wildman–Crippen LogP) is 1.96. The summed E-state index contributed by atoms with van der Waals surface area (Å²) in [5.41, 5.74) is -1.07. The molecule has 0 amide bonds. The summed E-state index contributed by atoms with van der Waals surface area (Å²) in [6.07, 6.45) is 3.24. The maximum atomic E-state index is 12.4. The molecule has 0 bridgehead atoms. The minimum atomic E-state index is -3.78. The number of nitrogens with one attached hydrogen (secondary N) is 1. The predicted molar refractivity (Wildman–Crippen MR) is 76.5 cm³/mol. The Morgan fingerprint density at radius 2 is 2.00 bits per heavy atom. The molecule has 6 nitrogen and oxygen atoms in total. The van der Waals surface area contributed by atoms with Crippen molar-refractivity contribution in [2.45, 2.75) is 64.1 Å². The SMILES string of the molecule is CCCn1cc(S(=O)(=O)NC(C#N)(CC)CC)nc1C. The maximum absolute atomic E-state index is 12.4. The number of hydrogen-bond donors (Lipinski definition) is 1. The third kappa shape index (κ3) is 3.38. The topological polar surface area (TPSA) is 87.8 Å². The second-order valence-electron chi connectivity index (χ2n) is 4.83. The van der Waals surface area contributed by atoms with Gasteiger partial charge in [0, 0.05) is 12.7 Å². The lowest BCUT2D eigenvalue weighted by Gasteiger charge is -2.23. The molecule has 1 aromatic heterocycles. The summed E-state index contributed by atoms with van der Waals surface area (Å²) < 4.78 is 29.0. The highest BCUT2D eigenvalue weighted by atomic mass is 32.2. The van der Waals surface area contributed by atoms with Gasteiger partial charge in [0.15, 0.2) is 5.03 Å². The van der Waals surface area contributed by atoms with Crippen LogP contribution in [0.2, 0.25) is 0 Å². The molecule has 0 atom stereocenters. The van der Waals surface area contributed by atoms with Crippen LogP contribution in [0.25, 0.3) is 0 Å². The van der Waals surface area contributed by atoms with Gasteiger partial charge in [-0.05, 0) is 26.2 Å². The molecular weight excluding hydrogens is 276 g/mol. The van der Waals surface area contributed by atoms with Crippen LogP contribution in [-0.2, 0) is 16.6 Å². The van der Waals surface area contributed by atoms with Crippen molar-refractivity contribution < 1.29 is 8.42 Å². The van der Waals surface area contributed by atoms with Crippen molar-refractivity contribution in [3.05, 3.63) is 12.0 Å². The first kappa shape index (κ1) is 16.7. The Morgan fingerprint density at radius 3 is 2.45 bits per heavy atom. The molecule has 1 N–H and O–H groups in total. The van der Waals surface area contributed by atoms with Gasteiger partial charge in [0.2, 0.25) is 0 Å². The summed E-state index contributed by atoms with van der Waals surface area (Å²) in [5.74, 6) is 0.655.